The molecule has 0 radical (unpaired) electrons. The van der Waals surface area contributed by atoms with E-state index in [1.165, 1.54) is 7.05 Å². The highest BCUT2D eigenvalue weighted by Crippen LogP contribution is 2.17. The second kappa shape index (κ2) is 8.38. The molecule has 0 saturated heterocycles. The first-order valence-electron chi connectivity index (χ1n) is 7.88. The summed E-state index contributed by atoms with van der Waals surface area (Å²) in [6.07, 6.45) is 3.50. The van der Waals surface area contributed by atoms with Crippen LogP contribution in [-0.2, 0) is 16.0 Å². The first-order valence-corrected chi connectivity index (χ1v) is 7.88. The van der Waals surface area contributed by atoms with Crippen LogP contribution in [0.2, 0.25) is 0 Å². The fourth-order valence-electron chi connectivity index (χ4n) is 2.14. The van der Waals surface area contributed by atoms with Gasteiger partial charge in [0.2, 0.25) is 5.91 Å². The molecule has 0 unspecified atom stereocenters. The molecule has 1 aromatic rings. The van der Waals surface area contributed by atoms with Crippen molar-refractivity contribution in [1.82, 2.24) is 10.6 Å². The third-order valence-electron chi connectivity index (χ3n) is 3.19. The van der Waals surface area contributed by atoms with Crippen molar-refractivity contribution in [1.29, 1.82) is 0 Å². The number of nitrogens with two attached hydrogens (primary N) is 1. The van der Waals surface area contributed by atoms with Crippen LogP contribution >= 0.6 is 0 Å². The van der Waals surface area contributed by atoms with Gasteiger partial charge in [-0.15, -0.1) is 0 Å². The smallest absolute Gasteiger partial charge is 0.408 e. The average molecular weight is 333 g/mol. The summed E-state index contributed by atoms with van der Waals surface area (Å²) in [4.78, 5) is 24.0. The molecule has 0 aliphatic carbocycles. The second-order valence-electron chi connectivity index (χ2n) is 6.48. The number of nitrogens with one attached hydrogen (secondary N) is 2. The lowest BCUT2D eigenvalue weighted by molar-refractivity contribution is -0.122. The number of carbonyl (C=O) groups is 2. The van der Waals surface area contributed by atoms with Crippen molar-refractivity contribution in [2.75, 3.05) is 12.8 Å². The largest absolute Gasteiger partial charge is 0.444 e. The van der Waals surface area contributed by atoms with Gasteiger partial charge in [0, 0.05) is 19.2 Å². The van der Waals surface area contributed by atoms with E-state index in [1.807, 2.05) is 31.2 Å². The zero-order valence-electron chi connectivity index (χ0n) is 15.0. The number of ether oxygens (including phenoxy) is 1. The highest BCUT2D eigenvalue weighted by molar-refractivity contribution is 5.85. The molecule has 6 nitrogen and oxygen atoms in total. The Morgan fingerprint density at radius 3 is 2.54 bits per heavy atom. The number of likely N-dealkylation sites (N-methyl/N-ethyl adjacent to an activating group) is 1. The number of amides is 2. The SMILES string of the molecule is C/C=C\c1cc(C[C@H](NC(=O)OC(C)(C)C)C(=O)NC)ccc1N. The van der Waals surface area contributed by atoms with Crippen molar-refractivity contribution in [2.24, 2.45) is 0 Å². The number of hydrogen-bond acceptors (Lipinski definition) is 4. The highest BCUT2D eigenvalue weighted by atomic mass is 16.6. The van der Waals surface area contributed by atoms with Gasteiger partial charge in [-0.1, -0.05) is 18.2 Å². The van der Waals surface area contributed by atoms with Crippen LogP contribution in [0.1, 0.15) is 38.8 Å². The van der Waals surface area contributed by atoms with E-state index in [-0.39, 0.29) is 5.91 Å². The monoisotopic (exact) mass is 333 g/mol. The normalized spacial score (nSPS) is 12.7. The lowest BCUT2D eigenvalue weighted by Gasteiger charge is -2.23. The molecule has 0 heterocycles. The number of alkyl carbamates (subject to hydrolysis) is 1. The number of hydrogen-bond donors (Lipinski definition) is 3. The van der Waals surface area contributed by atoms with Gasteiger partial charge < -0.3 is 21.1 Å². The molecule has 0 aliphatic rings. The van der Waals surface area contributed by atoms with E-state index in [1.54, 1.807) is 26.8 Å². The highest BCUT2D eigenvalue weighted by Gasteiger charge is 2.24. The van der Waals surface area contributed by atoms with Gasteiger partial charge in [0.05, 0.1) is 0 Å². The minimum atomic E-state index is -0.730. The van der Waals surface area contributed by atoms with Crippen molar-refractivity contribution in [3.63, 3.8) is 0 Å². The van der Waals surface area contributed by atoms with Gasteiger partial charge >= 0.3 is 6.09 Å². The summed E-state index contributed by atoms with van der Waals surface area (Å²) in [5.41, 5.74) is 7.72. The van der Waals surface area contributed by atoms with E-state index in [0.717, 1.165) is 11.1 Å². The Hall–Kier alpha value is -2.50. The fourth-order valence-corrected chi connectivity index (χ4v) is 2.14. The molecule has 132 valence electrons. The summed E-state index contributed by atoms with van der Waals surface area (Å²) in [6.45, 7) is 7.21. The molecular formula is C18H27N3O3. The summed E-state index contributed by atoms with van der Waals surface area (Å²) < 4.78 is 5.22. The van der Waals surface area contributed by atoms with Crippen molar-refractivity contribution >= 4 is 23.8 Å². The van der Waals surface area contributed by atoms with E-state index >= 15 is 0 Å². The van der Waals surface area contributed by atoms with Crippen LogP contribution < -0.4 is 16.4 Å². The van der Waals surface area contributed by atoms with Crippen molar-refractivity contribution < 1.29 is 14.3 Å². The maximum absolute atomic E-state index is 12.1. The standard InChI is InChI=1S/C18H27N3O3/c1-6-7-13-10-12(8-9-14(13)19)11-15(16(22)20-5)21-17(23)24-18(2,3)4/h6-10,15H,11,19H2,1-5H3,(H,20,22)(H,21,23)/b7-6-/t15-/m0/s1. The van der Waals surface area contributed by atoms with E-state index in [2.05, 4.69) is 10.6 Å². The minimum Gasteiger partial charge on any atom is -0.444 e. The molecule has 2 amide bonds. The molecule has 1 atom stereocenters. The number of carbonyl (C=O) groups excluding carboxylic acids is 2. The molecule has 1 aromatic carbocycles. The summed E-state index contributed by atoms with van der Waals surface area (Å²) in [5.74, 6) is -0.287. The van der Waals surface area contributed by atoms with Gasteiger partial charge in [-0.25, -0.2) is 4.79 Å². The van der Waals surface area contributed by atoms with Gasteiger partial charge in [-0.2, -0.15) is 0 Å². The maximum atomic E-state index is 12.1. The van der Waals surface area contributed by atoms with Gasteiger partial charge in [-0.05, 0) is 51.0 Å². The third-order valence-corrected chi connectivity index (χ3v) is 3.19. The van der Waals surface area contributed by atoms with Crippen LogP contribution in [0.5, 0.6) is 0 Å². The van der Waals surface area contributed by atoms with Gasteiger partial charge in [0.1, 0.15) is 11.6 Å². The zero-order chi connectivity index (χ0) is 18.3. The van der Waals surface area contributed by atoms with Crippen molar-refractivity contribution in [3.8, 4) is 0 Å². The number of benzene rings is 1. The maximum Gasteiger partial charge on any atom is 0.408 e. The zero-order valence-corrected chi connectivity index (χ0v) is 15.0. The molecule has 4 N–H and O–H groups in total. The molecule has 0 spiro atoms. The summed E-state index contributed by atoms with van der Waals surface area (Å²) >= 11 is 0. The molecule has 0 fully saturated rings. The Morgan fingerprint density at radius 1 is 1.33 bits per heavy atom. The average Bonchev–Trinajstić information content (AvgIpc) is 2.47. The van der Waals surface area contributed by atoms with E-state index in [0.29, 0.717) is 12.1 Å². The third kappa shape index (κ3) is 6.32. The predicted molar refractivity (Wildman–Crippen MR) is 96.5 cm³/mol. The lowest BCUT2D eigenvalue weighted by Crippen LogP contribution is -2.48. The first kappa shape index (κ1) is 19.5. The minimum absolute atomic E-state index is 0.287. The second-order valence-corrected chi connectivity index (χ2v) is 6.48. The molecule has 6 heteroatoms. The fraction of sp³-hybridized carbons (Fsp3) is 0.444. The quantitative estimate of drug-likeness (QED) is 0.722. The van der Waals surface area contributed by atoms with Crippen LogP contribution in [0, 0.1) is 0 Å². The van der Waals surface area contributed by atoms with Crippen LogP contribution in [0.15, 0.2) is 24.3 Å². The molecule has 0 saturated carbocycles. The molecular weight excluding hydrogens is 306 g/mol. The Labute approximate surface area is 143 Å². The van der Waals surface area contributed by atoms with Gasteiger partial charge in [0.15, 0.2) is 0 Å². The topological polar surface area (TPSA) is 93.4 Å². The first-order chi connectivity index (χ1) is 11.2. The van der Waals surface area contributed by atoms with Crippen LogP contribution in [0.25, 0.3) is 6.08 Å². The van der Waals surface area contributed by atoms with Crippen LogP contribution in [-0.4, -0.2) is 30.7 Å². The van der Waals surface area contributed by atoms with E-state index in [9.17, 15) is 9.59 Å². The van der Waals surface area contributed by atoms with Gasteiger partial charge in [-0.3, -0.25) is 4.79 Å². The summed E-state index contributed by atoms with van der Waals surface area (Å²) in [7, 11) is 1.53. The Balaban J connectivity index is 2.93. The molecule has 0 aromatic heterocycles. The predicted octanol–water partition coefficient (Wildman–Crippen LogP) is 2.48. The molecule has 1 rings (SSSR count). The molecule has 24 heavy (non-hydrogen) atoms. The van der Waals surface area contributed by atoms with Crippen LogP contribution in [0.3, 0.4) is 0 Å². The molecule has 0 aliphatic heterocycles. The lowest BCUT2D eigenvalue weighted by atomic mass is 10.0. The van der Waals surface area contributed by atoms with Crippen molar-refractivity contribution in [3.05, 3.63) is 35.4 Å². The van der Waals surface area contributed by atoms with E-state index in [4.69, 9.17) is 10.5 Å². The van der Waals surface area contributed by atoms with Crippen molar-refractivity contribution in [2.45, 2.75) is 45.8 Å². The van der Waals surface area contributed by atoms with E-state index < -0.39 is 17.7 Å². The van der Waals surface area contributed by atoms with Crippen LogP contribution in [0.4, 0.5) is 10.5 Å². The number of anilines is 1. The van der Waals surface area contributed by atoms with Gasteiger partial charge in [0.25, 0.3) is 0 Å². The Kier molecular flexibility index (Phi) is 6.82. The summed E-state index contributed by atoms with van der Waals surface area (Å²) in [5, 5.41) is 5.17. The molecule has 0 bridgehead atoms. The number of rotatable bonds is 5. The number of allylic oxidation sites excluding steroid dienone is 1. The number of nitrogen functional groups attached to an aromatic ring is 1. The Morgan fingerprint density at radius 2 is 2.00 bits per heavy atom. The summed E-state index contributed by atoms with van der Waals surface area (Å²) in [6, 6.07) is 4.81. The Bertz CT molecular complexity index is 618.